The topological polar surface area (TPSA) is 75.0 Å². The number of hydrogen-bond donors (Lipinski definition) is 1. The summed E-state index contributed by atoms with van der Waals surface area (Å²) in [5.74, 6) is 4.31. The Labute approximate surface area is 161 Å². The van der Waals surface area contributed by atoms with E-state index in [0.29, 0.717) is 5.92 Å². The first-order chi connectivity index (χ1) is 13.1. The van der Waals surface area contributed by atoms with Gasteiger partial charge in [0.05, 0.1) is 12.2 Å². The van der Waals surface area contributed by atoms with E-state index in [2.05, 4.69) is 51.0 Å². The highest BCUT2D eigenvalue weighted by Gasteiger charge is 2.29. The maximum atomic E-state index is 4.91. The number of hydrogen-bond acceptors (Lipinski definition) is 7. The van der Waals surface area contributed by atoms with Crippen molar-refractivity contribution >= 4 is 11.8 Å². The highest BCUT2D eigenvalue weighted by Crippen LogP contribution is 2.32. The molecule has 0 spiro atoms. The average Bonchev–Trinajstić information content (AvgIpc) is 3.28. The largest absolute Gasteiger partial charge is 0.373 e. The smallest absolute Gasteiger partial charge is 0.227 e. The lowest BCUT2D eigenvalue weighted by atomic mass is 9.97. The van der Waals surface area contributed by atoms with Gasteiger partial charge in [0.1, 0.15) is 17.5 Å². The minimum absolute atomic E-state index is 0.363. The van der Waals surface area contributed by atoms with Gasteiger partial charge in [0.2, 0.25) is 5.95 Å². The SMILES string of the molecule is CNc1nc(N2CCCC(c3nnc(CN(C)C)n3C)C2)nc2c1CCC2. The van der Waals surface area contributed by atoms with E-state index >= 15 is 0 Å². The Kier molecular flexibility index (Phi) is 4.99. The lowest BCUT2D eigenvalue weighted by Gasteiger charge is -2.32. The number of nitrogens with one attached hydrogen (secondary N) is 1. The number of fused-ring (bicyclic) bond motifs is 1. The standard InChI is InChI=1S/C19H30N8/c1-20-17-14-8-5-9-15(14)21-19(22-17)27-10-6-7-13(11-27)18-24-23-16(26(18)4)12-25(2)3/h13H,5-12H2,1-4H3,(H,20,21,22). The van der Waals surface area contributed by atoms with Crippen LogP contribution in [0.2, 0.25) is 0 Å². The molecule has 146 valence electrons. The van der Waals surface area contributed by atoms with Crippen LogP contribution in [0, 0.1) is 0 Å². The quantitative estimate of drug-likeness (QED) is 0.856. The fraction of sp³-hybridized carbons (Fsp3) is 0.684. The van der Waals surface area contributed by atoms with Crippen molar-refractivity contribution in [1.82, 2.24) is 29.6 Å². The summed E-state index contributed by atoms with van der Waals surface area (Å²) in [4.78, 5) is 14.2. The third-order valence-corrected chi connectivity index (χ3v) is 5.68. The molecule has 1 saturated heterocycles. The Morgan fingerprint density at radius 1 is 1.15 bits per heavy atom. The molecule has 1 aliphatic carbocycles. The number of rotatable bonds is 5. The highest BCUT2D eigenvalue weighted by molar-refractivity contribution is 5.53. The summed E-state index contributed by atoms with van der Waals surface area (Å²) in [5.41, 5.74) is 2.52. The molecule has 1 fully saturated rings. The molecule has 2 aromatic heterocycles. The first kappa shape index (κ1) is 18.2. The molecule has 1 atom stereocenters. The van der Waals surface area contributed by atoms with Crippen molar-refractivity contribution in [1.29, 1.82) is 0 Å². The minimum Gasteiger partial charge on any atom is -0.373 e. The third kappa shape index (κ3) is 3.50. The molecule has 3 heterocycles. The minimum atomic E-state index is 0.363. The normalized spacial score (nSPS) is 19.6. The van der Waals surface area contributed by atoms with E-state index in [1.54, 1.807) is 0 Å². The van der Waals surface area contributed by atoms with Crippen LogP contribution in [0.4, 0.5) is 11.8 Å². The van der Waals surface area contributed by atoms with Gasteiger partial charge in [-0.25, -0.2) is 4.98 Å². The van der Waals surface area contributed by atoms with E-state index in [0.717, 1.165) is 68.7 Å². The molecule has 0 radical (unpaired) electrons. The second-order valence-electron chi connectivity index (χ2n) is 7.96. The summed E-state index contributed by atoms with van der Waals surface area (Å²) in [7, 11) is 8.15. The first-order valence-electron chi connectivity index (χ1n) is 9.92. The van der Waals surface area contributed by atoms with E-state index in [1.165, 1.54) is 17.7 Å². The Bertz CT molecular complexity index is 812. The summed E-state index contributed by atoms with van der Waals surface area (Å²) in [5, 5.41) is 12.2. The van der Waals surface area contributed by atoms with Crippen molar-refractivity contribution in [2.45, 2.75) is 44.6 Å². The van der Waals surface area contributed by atoms with Crippen molar-refractivity contribution in [2.75, 3.05) is 44.4 Å². The van der Waals surface area contributed by atoms with E-state index in [1.807, 2.05) is 7.05 Å². The van der Waals surface area contributed by atoms with Gasteiger partial charge in [0, 0.05) is 38.7 Å². The molecule has 2 aromatic rings. The van der Waals surface area contributed by atoms with Gasteiger partial charge in [0.15, 0.2) is 0 Å². The average molecular weight is 371 g/mol. The van der Waals surface area contributed by atoms with Gasteiger partial charge >= 0.3 is 0 Å². The van der Waals surface area contributed by atoms with Crippen LogP contribution in [0.15, 0.2) is 0 Å². The van der Waals surface area contributed by atoms with E-state index in [4.69, 9.17) is 9.97 Å². The zero-order valence-electron chi connectivity index (χ0n) is 16.9. The zero-order chi connectivity index (χ0) is 19.0. The van der Waals surface area contributed by atoms with Crippen LogP contribution < -0.4 is 10.2 Å². The molecular weight excluding hydrogens is 340 g/mol. The lowest BCUT2D eigenvalue weighted by molar-refractivity contribution is 0.382. The monoisotopic (exact) mass is 370 g/mol. The van der Waals surface area contributed by atoms with Gasteiger partial charge in [-0.05, 0) is 46.2 Å². The van der Waals surface area contributed by atoms with Gasteiger partial charge in [-0.15, -0.1) is 10.2 Å². The van der Waals surface area contributed by atoms with Crippen LogP contribution in [-0.2, 0) is 26.4 Å². The molecule has 0 aromatic carbocycles. The number of aromatic nitrogens is 5. The van der Waals surface area contributed by atoms with Crippen molar-refractivity contribution in [3.05, 3.63) is 22.9 Å². The van der Waals surface area contributed by atoms with Crippen LogP contribution in [0.3, 0.4) is 0 Å². The summed E-state index contributed by atoms with van der Waals surface area (Å²) < 4.78 is 2.16. The highest BCUT2D eigenvalue weighted by atomic mass is 15.3. The Morgan fingerprint density at radius 3 is 2.78 bits per heavy atom. The molecule has 0 amide bonds. The maximum absolute atomic E-state index is 4.91. The van der Waals surface area contributed by atoms with Gasteiger partial charge in [-0.2, -0.15) is 4.98 Å². The molecule has 0 bridgehead atoms. The predicted molar refractivity (Wildman–Crippen MR) is 106 cm³/mol. The van der Waals surface area contributed by atoms with E-state index in [9.17, 15) is 0 Å². The Balaban J connectivity index is 1.56. The van der Waals surface area contributed by atoms with Crippen LogP contribution in [0.25, 0.3) is 0 Å². The number of piperidine rings is 1. The lowest BCUT2D eigenvalue weighted by Crippen LogP contribution is -2.36. The molecule has 0 saturated carbocycles. The van der Waals surface area contributed by atoms with Crippen LogP contribution in [0.5, 0.6) is 0 Å². The van der Waals surface area contributed by atoms with Crippen LogP contribution in [-0.4, -0.2) is 63.9 Å². The Morgan fingerprint density at radius 2 is 2.00 bits per heavy atom. The van der Waals surface area contributed by atoms with Crippen molar-refractivity contribution in [3.8, 4) is 0 Å². The Hall–Kier alpha value is -2.22. The van der Waals surface area contributed by atoms with Gasteiger partial charge in [0.25, 0.3) is 0 Å². The summed E-state index contributed by atoms with van der Waals surface area (Å²) in [6.07, 6.45) is 5.58. The molecule has 8 nitrogen and oxygen atoms in total. The van der Waals surface area contributed by atoms with Gasteiger partial charge < -0.3 is 19.7 Å². The third-order valence-electron chi connectivity index (χ3n) is 5.68. The molecule has 4 rings (SSSR count). The van der Waals surface area contributed by atoms with Crippen molar-refractivity contribution < 1.29 is 0 Å². The molecule has 27 heavy (non-hydrogen) atoms. The number of aryl methyl sites for hydroxylation is 1. The summed E-state index contributed by atoms with van der Waals surface area (Å²) in [6, 6.07) is 0. The van der Waals surface area contributed by atoms with Gasteiger partial charge in [-0.3, -0.25) is 0 Å². The second-order valence-corrected chi connectivity index (χ2v) is 7.96. The van der Waals surface area contributed by atoms with Crippen LogP contribution >= 0.6 is 0 Å². The fourth-order valence-corrected chi connectivity index (χ4v) is 4.29. The van der Waals surface area contributed by atoms with E-state index in [-0.39, 0.29) is 0 Å². The van der Waals surface area contributed by atoms with Crippen LogP contribution in [0.1, 0.15) is 48.1 Å². The maximum Gasteiger partial charge on any atom is 0.227 e. The summed E-state index contributed by atoms with van der Waals surface area (Å²) in [6.45, 7) is 2.70. The van der Waals surface area contributed by atoms with Crippen molar-refractivity contribution in [3.63, 3.8) is 0 Å². The number of nitrogens with zero attached hydrogens (tertiary/aromatic N) is 7. The molecule has 1 N–H and O–H groups in total. The zero-order valence-corrected chi connectivity index (χ0v) is 16.9. The molecule has 8 heteroatoms. The molecule has 1 aliphatic heterocycles. The summed E-state index contributed by atoms with van der Waals surface area (Å²) >= 11 is 0. The second kappa shape index (κ2) is 7.42. The predicted octanol–water partition coefficient (Wildman–Crippen LogP) is 1.58. The first-order valence-corrected chi connectivity index (χ1v) is 9.92. The van der Waals surface area contributed by atoms with Gasteiger partial charge in [-0.1, -0.05) is 0 Å². The fourth-order valence-electron chi connectivity index (χ4n) is 4.29. The molecule has 2 aliphatic rings. The van der Waals surface area contributed by atoms with E-state index < -0.39 is 0 Å². The van der Waals surface area contributed by atoms with Crippen molar-refractivity contribution in [2.24, 2.45) is 7.05 Å². The molecular formula is C19H30N8. The number of anilines is 2. The molecule has 1 unspecified atom stereocenters.